The molecule has 19 heavy (non-hydrogen) atoms. The van der Waals surface area contributed by atoms with Crippen LogP contribution in [0.25, 0.3) is 0 Å². The molecular formula is C11H20IN5S2. The van der Waals surface area contributed by atoms with Gasteiger partial charge in [0.1, 0.15) is 5.01 Å². The zero-order valence-electron chi connectivity index (χ0n) is 11.2. The molecule has 0 radical (unpaired) electrons. The van der Waals surface area contributed by atoms with Gasteiger partial charge in [-0.15, -0.1) is 34.2 Å². The fraction of sp³-hybridized carbons (Fsp3) is 0.727. The minimum atomic E-state index is 0. The fourth-order valence-electron chi connectivity index (χ4n) is 2.03. The Bertz CT molecular complexity index is 423. The molecule has 1 unspecified atom stereocenters. The van der Waals surface area contributed by atoms with E-state index >= 15 is 0 Å². The largest absolute Gasteiger partial charge is 0.370 e. The molecule has 1 atom stereocenters. The third-order valence-electron chi connectivity index (χ3n) is 2.98. The summed E-state index contributed by atoms with van der Waals surface area (Å²) < 4.78 is 0.977. The number of thioether (sulfide) groups is 1. The van der Waals surface area contributed by atoms with Gasteiger partial charge in [0.25, 0.3) is 0 Å². The van der Waals surface area contributed by atoms with Gasteiger partial charge in [-0.3, -0.25) is 0 Å². The summed E-state index contributed by atoms with van der Waals surface area (Å²) in [5, 5.41) is 9.05. The second kappa shape index (κ2) is 8.25. The van der Waals surface area contributed by atoms with E-state index in [9.17, 15) is 0 Å². The van der Waals surface area contributed by atoms with E-state index < -0.39 is 0 Å². The highest BCUT2D eigenvalue weighted by molar-refractivity contribution is 14.0. The molecular weight excluding hydrogens is 393 g/mol. The molecule has 0 aromatic carbocycles. The van der Waals surface area contributed by atoms with Gasteiger partial charge >= 0.3 is 0 Å². The van der Waals surface area contributed by atoms with Gasteiger partial charge in [-0.05, 0) is 25.0 Å². The Labute approximate surface area is 139 Å². The smallest absolute Gasteiger partial charge is 0.191 e. The maximum Gasteiger partial charge on any atom is 0.191 e. The second-order valence-electron chi connectivity index (χ2n) is 4.53. The number of halogens is 1. The third-order valence-corrected chi connectivity index (χ3v) is 4.86. The Morgan fingerprint density at radius 2 is 2.37 bits per heavy atom. The van der Waals surface area contributed by atoms with E-state index in [2.05, 4.69) is 27.0 Å². The fourth-order valence-corrected chi connectivity index (χ4v) is 3.27. The van der Waals surface area contributed by atoms with Crippen LogP contribution in [0.4, 0.5) is 0 Å². The zero-order chi connectivity index (χ0) is 13.0. The van der Waals surface area contributed by atoms with Gasteiger partial charge in [0.05, 0.1) is 6.54 Å². The predicted molar refractivity (Wildman–Crippen MR) is 92.4 cm³/mol. The Kier molecular flexibility index (Phi) is 7.37. The van der Waals surface area contributed by atoms with Gasteiger partial charge in [-0.2, -0.15) is 0 Å². The lowest BCUT2D eigenvalue weighted by Gasteiger charge is -2.31. The average Bonchev–Trinajstić information content (AvgIpc) is 2.84. The SMILES string of the molecule is CSc1nnc(CN=C(N)N2CCCC(C)C2)s1.I. The van der Waals surface area contributed by atoms with E-state index in [0.717, 1.165) is 22.4 Å². The lowest BCUT2D eigenvalue weighted by molar-refractivity contribution is 0.270. The number of aliphatic imine (C=N–C) groups is 1. The van der Waals surface area contributed by atoms with Crippen LogP contribution in [-0.4, -0.2) is 40.4 Å². The first-order valence-electron chi connectivity index (χ1n) is 6.10. The number of piperidine rings is 1. The lowest BCUT2D eigenvalue weighted by Crippen LogP contribution is -2.43. The monoisotopic (exact) mass is 413 g/mol. The molecule has 2 heterocycles. The van der Waals surface area contributed by atoms with Gasteiger partial charge in [0.15, 0.2) is 10.3 Å². The van der Waals surface area contributed by atoms with Crippen molar-refractivity contribution >= 4 is 53.0 Å². The zero-order valence-corrected chi connectivity index (χ0v) is 15.2. The Hall–Kier alpha value is -0.0900. The summed E-state index contributed by atoms with van der Waals surface area (Å²) in [6.45, 7) is 4.83. The first kappa shape index (κ1) is 17.0. The number of aromatic nitrogens is 2. The molecule has 2 N–H and O–H groups in total. The third kappa shape index (κ3) is 5.07. The van der Waals surface area contributed by atoms with Crippen molar-refractivity contribution in [2.24, 2.45) is 16.6 Å². The van der Waals surface area contributed by atoms with E-state index in [0.29, 0.717) is 18.4 Å². The van der Waals surface area contributed by atoms with Crippen molar-refractivity contribution in [3.05, 3.63) is 5.01 Å². The van der Waals surface area contributed by atoms with Crippen LogP contribution in [0, 0.1) is 5.92 Å². The lowest BCUT2D eigenvalue weighted by atomic mass is 10.0. The first-order valence-corrected chi connectivity index (χ1v) is 8.14. The maximum absolute atomic E-state index is 6.02. The standard InChI is InChI=1S/C11H19N5S2.HI/c1-8-4-3-5-16(7-8)10(12)13-6-9-14-15-11(17-2)18-9;/h8H,3-7H2,1-2H3,(H2,12,13);1H. The van der Waals surface area contributed by atoms with Crippen LogP contribution in [0.3, 0.4) is 0 Å². The maximum atomic E-state index is 6.02. The van der Waals surface area contributed by atoms with Crippen molar-refractivity contribution in [1.29, 1.82) is 0 Å². The number of rotatable bonds is 3. The van der Waals surface area contributed by atoms with Crippen LogP contribution in [0.5, 0.6) is 0 Å². The van der Waals surface area contributed by atoms with Crippen molar-refractivity contribution in [2.45, 2.75) is 30.6 Å². The summed E-state index contributed by atoms with van der Waals surface area (Å²) in [6.07, 6.45) is 4.49. The molecule has 1 saturated heterocycles. The van der Waals surface area contributed by atoms with Gasteiger partial charge in [0.2, 0.25) is 0 Å². The molecule has 1 aliphatic rings. The average molecular weight is 413 g/mol. The number of hydrogen-bond donors (Lipinski definition) is 1. The van der Waals surface area contributed by atoms with E-state index in [4.69, 9.17) is 5.73 Å². The van der Waals surface area contributed by atoms with Crippen LogP contribution in [0.2, 0.25) is 0 Å². The normalized spacial score (nSPS) is 20.2. The van der Waals surface area contributed by atoms with Crippen LogP contribution >= 0.6 is 47.1 Å². The van der Waals surface area contributed by atoms with Gasteiger partial charge in [0, 0.05) is 13.1 Å². The molecule has 1 aromatic heterocycles. The summed E-state index contributed by atoms with van der Waals surface area (Å²) in [5.74, 6) is 1.35. The highest BCUT2D eigenvalue weighted by Gasteiger charge is 2.17. The molecule has 1 aromatic rings. The molecule has 0 spiro atoms. The number of likely N-dealkylation sites (tertiary alicyclic amines) is 1. The number of nitrogens with zero attached hydrogens (tertiary/aromatic N) is 4. The Balaban J connectivity index is 0.00000180. The predicted octanol–water partition coefficient (Wildman–Crippen LogP) is 2.42. The molecule has 1 fully saturated rings. The van der Waals surface area contributed by atoms with Gasteiger partial charge in [-0.25, -0.2) is 4.99 Å². The van der Waals surface area contributed by atoms with Crippen LogP contribution in [0.15, 0.2) is 9.33 Å². The van der Waals surface area contributed by atoms with Crippen LogP contribution in [0.1, 0.15) is 24.8 Å². The van der Waals surface area contributed by atoms with Crippen molar-refractivity contribution in [2.75, 3.05) is 19.3 Å². The van der Waals surface area contributed by atoms with Crippen LogP contribution in [-0.2, 0) is 6.54 Å². The number of nitrogens with two attached hydrogens (primary N) is 1. The molecule has 0 aliphatic carbocycles. The van der Waals surface area contributed by atoms with E-state index in [1.807, 2.05) is 6.26 Å². The minimum Gasteiger partial charge on any atom is -0.370 e. The highest BCUT2D eigenvalue weighted by atomic mass is 127. The molecule has 0 bridgehead atoms. The van der Waals surface area contributed by atoms with E-state index in [-0.39, 0.29) is 24.0 Å². The van der Waals surface area contributed by atoms with Gasteiger partial charge < -0.3 is 10.6 Å². The Morgan fingerprint density at radius 1 is 1.58 bits per heavy atom. The quantitative estimate of drug-likeness (QED) is 0.357. The van der Waals surface area contributed by atoms with Crippen LogP contribution < -0.4 is 5.73 Å². The highest BCUT2D eigenvalue weighted by Crippen LogP contribution is 2.20. The summed E-state index contributed by atoms with van der Waals surface area (Å²) in [7, 11) is 0. The van der Waals surface area contributed by atoms with Crippen molar-refractivity contribution in [3.8, 4) is 0 Å². The molecule has 0 amide bonds. The first-order chi connectivity index (χ1) is 8.69. The second-order valence-corrected chi connectivity index (χ2v) is 6.65. The Morgan fingerprint density at radius 3 is 3.00 bits per heavy atom. The number of hydrogen-bond acceptors (Lipinski definition) is 5. The topological polar surface area (TPSA) is 67.4 Å². The molecule has 0 saturated carbocycles. The molecule has 1 aliphatic heterocycles. The molecule has 2 rings (SSSR count). The summed E-state index contributed by atoms with van der Waals surface area (Å²) >= 11 is 3.19. The molecule has 108 valence electrons. The van der Waals surface area contributed by atoms with E-state index in [1.54, 1.807) is 23.1 Å². The van der Waals surface area contributed by atoms with Crippen molar-refractivity contribution in [1.82, 2.24) is 15.1 Å². The van der Waals surface area contributed by atoms with Gasteiger partial charge in [-0.1, -0.05) is 30.0 Å². The summed E-state index contributed by atoms with van der Waals surface area (Å²) in [4.78, 5) is 6.59. The minimum absolute atomic E-state index is 0. The van der Waals surface area contributed by atoms with E-state index in [1.165, 1.54) is 12.8 Å². The number of guanidine groups is 1. The summed E-state index contributed by atoms with van der Waals surface area (Å²) in [6, 6.07) is 0. The van der Waals surface area contributed by atoms with Crippen molar-refractivity contribution < 1.29 is 0 Å². The molecule has 5 nitrogen and oxygen atoms in total. The summed E-state index contributed by atoms with van der Waals surface area (Å²) in [5.41, 5.74) is 6.02. The van der Waals surface area contributed by atoms with Crippen molar-refractivity contribution in [3.63, 3.8) is 0 Å². The molecule has 8 heteroatoms.